The van der Waals surface area contributed by atoms with E-state index in [4.69, 9.17) is 14.0 Å². The normalized spacial score (nSPS) is 11.2. The van der Waals surface area contributed by atoms with Gasteiger partial charge in [-0.05, 0) is 0 Å². The predicted molar refractivity (Wildman–Crippen MR) is 100 cm³/mol. The zero-order valence-corrected chi connectivity index (χ0v) is 17.2. The van der Waals surface area contributed by atoms with E-state index in [2.05, 4.69) is 27.3 Å². The van der Waals surface area contributed by atoms with E-state index < -0.39 is 0 Å². The van der Waals surface area contributed by atoms with Crippen molar-refractivity contribution in [2.24, 2.45) is 0 Å². The summed E-state index contributed by atoms with van der Waals surface area (Å²) in [6, 6.07) is 10.6. The van der Waals surface area contributed by atoms with Crippen LogP contribution in [0.3, 0.4) is 0 Å². The standard InChI is InChI=1S/C19H21AsN3O3/c1-12-18(13(2)26-23-12)16-11-17(22-19(21-16)25-4)20-10-9-14-5-7-15(24-3)8-6-14/h5-8,11H,9-10H2,1-4H3. The van der Waals surface area contributed by atoms with Crippen LogP contribution in [-0.4, -0.2) is 45.1 Å². The summed E-state index contributed by atoms with van der Waals surface area (Å²) in [5.74, 6) is 1.63. The summed E-state index contributed by atoms with van der Waals surface area (Å²) in [7, 11) is 3.27. The summed E-state index contributed by atoms with van der Waals surface area (Å²) in [6.45, 7) is 3.80. The van der Waals surface area contributed by atoms with Gasteiger partial charge in [0.25, 0.3) is 0 Å². The van der Waals surface area contributed by atoms with Gasteiger partial charge in [-0.2, -0.15) is 0 Å². The number of methoxy groups -OCH3 is 2. The molecule has 0 saturated heterocycles. The number of hydrogen-bond acceptors (Lipinski definition) is 6. The Balaban J connectivity index is 1.74. The molecule has 0 aliphatic carbocycles. The molecule has 0 amide bonds. The van der Waals surface area contributed by atoms with Gasteiger partial charge in [-0.25, -0.2) is 0 Å². The van der Waals surface area contributed by atoms with E-state index in [-0.39, 0.29) is 15.8 Å². The third kappa shape index (κ3) is 4.25. The van der Waals surface area contributed by atoms with Gasteiger partial charge in [0.15, 0.2) is 0 Å². The van der Waals surface area contributed by atoms with Crippen LogP contribution >= 0.6 is 0 Å². The number of benzene rings is 1. The van der Waals surface area contributed by atoms with Crippen molar-refractivity contribution in [1.82, 2.24) is 15.1 Å². The average molecular weight is 414 g/mol. The van der Waals surface area contributed by atoms with Crippen LogP contribution in [0.5, 0.6) is 11.8 Å². The Hall–Kier alpha value is -2.33. The molecule has 6 nitrogen and oxygen atoms in total. The van der Waals surface area contributed by atoms with Gasteiger partial charge in [-0.15, -0.1) is 0 Å². The van der Waals surface area contributed by atoms with Crippen LogP contribution in [0.1, 0.15) is 17.0 Å². The van der Waals surface area contributed by atoms with Crippen molar-refractivity contribution in [1.29, 1.82) is 0 Å². The minimum absolute atomic E-state index is 0.0990. The first kappa shape index (κ1) is 18.5. The van der Waals surface area contributed by atoms with Crippen molar-refractivity contribution >= 4 is 20.2 Å². The molecule has 3 rings (SSSR count). The molecule has 0 aliphatic heterocycles. The monoisotopic (exact) mass is 414 g/mol. The molecule has 1 aromatic carbocycles. The van der Waals surface area contributed by atoms with Gasteiger partial charge in [0.05, 0.1) is 0 Å². The SMILES string of the molecule is COc1ccc(CC[As]c2cc(-c3c(C)noc3C)nc(OC)n2)cc1. The van der Waals surface area contributed by atoms with E-state index in [1.165, 1.54) is 5.56 Å². The Bertz CT molecular complexity index is 859. The molecule has 135 valence electrons. The van der Waals surface area contributed by atoms with E-state index in [0.29, 0.717) is 6.01 Å². The first-order valence-electron chi connectivity index (χ1n) is 8.27. The van der Waals surface area contributed by atoms with Gasteiger partial charge >= 0.3 is 159 Å². The van der Waals surface area contributed by atoms with E-state index >= 15 is 0 Å². The second-order valence-electron chi connectivity index (χ2n) is 5.78. The fraction of sp³-hybridized carbons (Fsp3) is 0.316. The molecule has 0 saturated carbocycles. The fourth-order valence-electron chi connectivity index (χ4n) is 2.65. The maximum absolute atomic E-state index is 5.29. The molecule has 0 fully saturated rings. The summed E-state index contributed by atoms with van der Waals surface area (Å²) >= 11 is -0.0990. The molecule has 0 aliphatic rings. The van der Waals surface area contributed by atoms with Gasteiger partial charge < -0.3 is 0 Å². The zero-order chi connectivity index (χ0) is 18.5. The van der Waals surface area contributed by atoms with E-state index in [9.17, 15) is 0 Å². The van der Waals surface area contributed by atoms with Crippen LogP contribution in [0.25, 0.3) is 11.3 Å². The van der Waals surface area contributed by atoms with Gasteiger partial charge in [-0.3, -0.25) is 0 Å². The van der Waals surface area contributed by atoms with Crippen LogP contribution in [0.2, 0.25) is 5.21 Å². The van der Waals surface area contributed by atoms with Gasteiger partial charge in [-0.1, -0.05) is 0 Å². The molecule has 0 N–H and O–H groups in total. The van der Waals surface area contributed by atoms with Crippen molar-refractivity contribution < 1.29 is 14.0 Å². The van der Waals surface area contributed by atoms with Gasteiger partial charge in [0, 0.05) is 0 Å². The minimum atomic E-state index is -0.0990. The third-order valence-corrected chi connectivity index (χ3v) is 6.10. The molecule has 0 spiro atoms. The third-order valence-electron chi connectivity index (χ3n) is 4.00. The Morgan fingerprint density at radius 2 is 1.81 bits per heavy atom. The molecule has 0 bridgehead atoms. The molecule has 0 atom stereocenters. The summed E-state index contributed by atoms with van der Waals surface area (Å²) in [4.78, 5) is 8.99. The van der Waals surface area contributed by atoms with Crippen molar-refractivity contribution in [3.63, 3.8) is 0 Å². The number of hydrogen-bond donors (Lipinski definition) is 0. The number of ether oxygens (including phenoxy) is 2. The van der Waals surface area contributed by atoms with Crippen LogP contribution in [0, 0.1) is 13.8 Å². The summed E-state index contributed by atoms with van der Waals surface area (Å²) in [5, 5.41) is 5.09. The Morgan fingerprint density at radius 1 is 1.04 bits per heavy atom. The summed E-state index contributed by atoms with van der Waals surface area (Å²) in [6.07, 6.45) is 1.01. The topological polar surface area (TPSA) is 70.3 Å². The van der Waals surface area contributed by atoms with Crippen LogP contribution in [-0.2, 0) is 6.42 Å². The second kappa shape index (κ2) is 8.37. The van der Waals surface area contributed by atoms with Gasteiger partial charge in [0.2, 0.25) is 0 Å². The van der Waals surface area contributed by atoms with Crippen molar-refractivity contribution in [3.05, 3.63) is 47.3 Å². The molecule has 1 radical (unpaired) electrons. The Kier molecular flexibility index (Phi) is 5.94. The number of nitrogens with zero attached hydrogens (tertiary/aromatic N) is 3. The van der Waals surface area contributed by atoms with Crippen molar-refractivity contribution in [2.45, 2.75) is 25.5 Å². The van der Waals surface area contributed by atoms with Crippen LogP contribution in [0.4, 0.5) is 0 Å². The number of rotatable bonds is 7. The Morgan fingerprint density at radius 3 is 2.42 bits per heavy atom. The Labute approximate surface area is 159 Å². The quantitative estimate of drug-likeness (QED) is 0.554. The summed E-state index contributed by atoms with van der Waals surface area (Å²) in [5.41, 5.74) is 3.85. The molecule has 26 heavy (non-hydrogen) atoms. The first-order valence-corrected chi connectivity index (χ1v) is 10.5. The predicted octanol–water partition coefficient (Wildman–Crippen LogP) is 2.76. The summed E-state index contributed by atoms with van der Waals surface area (Å²) < 4.78 is 16.8. The maximum atomic E-state index is 5.29. The molecule has 2 heterocycles. The fourth-order valence-corrected chi connectivity index (χ4v) is 4.69. The second-order valence-corrected chi connectivity index (χ2v) is 8.34. The molecular weight excluding hydrogens is 393 g/mol. The first-order chi connectivity index (χ1) is 12.6. The molecular formula is C19H21AsN3O3. The molecule has 7 heteroatoms. The average Bonchev–Trinajstić information content (AvgIpc) is 3.00. The number of aryl methyl sites for hydroxylation is 3. The van der Waals surface area contributed by atoms with Gasteiger partial charge in [0.1, 0.15) is 0 Å². The van der Waals surface area contributed by atoms with Crippen LogP contribution < -0.4 is 14.0 Å². The van der Waals surface area contributed by atoms with E-state index in [0.717, 1.165) is 44.6 Å². The van der Waals surface area contributed by atoms with Crippen molar-refractivity contribution in [3.8, 4) is 23.0 Å². The van der Waals surface area contributed by atoms with Crippen LogP contribution in [0.15, 0.2) is 34.9 Å². The number of aromatic nitrogens is 3. The molecule has 3 aromatic rings. The van der Waals surface area contributed by atoms with E-state index in [1.54, 1.807) is 14.2 Å². The van der Waals surface area contributed by atoms with E-state index in [1.807, 2.05) is 32.0 Å². The van der Waals surface area contributed by atoms with Crippen molar-refractivity contribution in [2.75, 3.05) is 14.2 Å². The molecule has 0 unspecified atom stereocenters. The molecule has 2 aromatic heterocycles. The zero-order valence-electron chi connectivity index (χ0n) is 15.3.